The average molecular weight is 579 g/mol. The van der Waals surface area contributed by atoms with Crippen molar-refractivity contribution < 1.29 is 19.0 Å². The quantitative estimate of drug-likeness (QED) is 0.381. The molecule has 12 heteroatoms. The van der Waals surface area contributed by atoms with Gasteiger partial charge in [0.25, 0.3) is 0 Å². The molecule has 3 aromatic rings. The molecule has 0 aromatic carbocycles. The Labute approximate surface area is 246 Å². The Bertz CT molecular complexity index is 1360. The molecule has 42 heavy (non-hydrogen) atoms. The molecule has 0 radical (unpaired) electrons. The van der Waals surface area contributed by atoms with Crippen LogP contribution in [0.1, 0.15) is 63.5 Å². The van der Waals surface area contributed by atoms with Crippen LogP contribution < -0.4 is 10.6 Å². The molecule has 0 bridgehead atoms. The lowest BCUT2D eigenvalue weighted by molar-refractivity contribution is -0.149. The fourth-order valence-corrected chi connectivity index (χ4v) is 7.11. The Kier molecular flexibility index (Phi) is 8.00. The van der Waals surface area contributed by atoms with Gasteiger partial charge in [0.1, 0.15) is 5.52 Å². The van der Waals surface area contributed by atoms with Crippen LogP contribution in [0.15, 0.2) is 24.7 Å². The monoisotopic (exact) mass is 578 g/mol. The van der Waals surface area contributed by atoms with E-state index in [4.69, 9.17) is 24.2 Å². The molecule has 226 valence electrons. The summed E-state index contributed by atoms with van der Waals surface area (Å²) < 4.78 is 20.3. The van der Waals surface area contributed by atoms with E-state index in [0.717, 1.165) is 101 Å². The highest BCUT2D eigenvalue weighted by molar-refractivity contribution is 5.88. The van der Waals surface area contributed by atoms with Crippen LogP contribution >= 0.6 is 0 Å². The van der Waals surface area contributed by atoms with Crippen molar-refractivity contribution in [1.82, 2.24) is 29.2 Å². The minimum Gasteiger partial charge on any atom is -0.469 e. The minimum atomic E-state index is -0.123. The minimum absolute atomic E-state index is 0.0431. The van der Waals surface area contributed by atoms with Crippen LogP contribution in [0.2, 0.25) is 0 Å². The second-order valence-corrected chi connectivity index (χ2v) is 12.2. The predicted octanol–water partition coefficient (Wildman–Crippen LogP) is 3.90. The van der Waals surface area contributed by atoms with E-state index < -0.39 is 0 Å². The van der Waals surface area contributed by atoms with Gasteiger partial charge >= 0.3 is 5.97 Å². The van der Waals surface area contributed by atoms with E-state index in [2.05, 4.69) is 37.5 Å². The van der Waals surface area contributed by atoms with E-state index in [1.165, 1.54) is 20.0 Å². The van der Waals surface area contributed by atoms with Crippen molar-refractivity contribution in [3.63, 3.8) is 0 Å². The van der Waals surface area contributed by atoms with Gasteiger partial charge in [-0.05, 0) is 57.4 Å². The molecule has 0 amide bonds. The second-order valence-electron chi connectivity index (χ2n) is 12.2. The van der Waals surface area contributed by atoms with Gasteiger partial charge < -0.3 is 29.4 Å². The highest BCUT2D eigenvalue weighted by Gasteiger charge is 2.37. The molecule has 4 aliphatic rings. The van der Waals surface area contributed by atoms with Crippen LogP contribution in [-0.2, 0) is 19.0 Å². The smallest absolute Gasteiger partial charge is 0.308 e. The maximum Gasteiger partial charge on any atom is 0.308 e. The van der Waals surface area contributed by atoms with Crippen LogP contribution in [0, 0.1) is 5.92 Å². The number of morpholine rings is 1. The zero-order chi connectivity index (χ0) is 28.5. The number of anilines is 3. The van der Waals surface area contributed by atoms with Crippen LogP contribution in [0.3, 0.4) is 0 Å². The summed E-state index contributed by atoms with van der Waals surface area (Å²) >= 11 is 0. The van der Waals surface area contributed by atoms with E-state index in [1.807, 2.05) is 17.1 Å². The van der Waals surface area contributed by atoms with Crippen molar-refractivity contribution in [1.29, 1.82) is 0 Å². The topological polar surface area (TPSA) is 121 Å². The number of aromatic nitrogens is 5. The van der Waals surface area contributed by atoms with E-state index in [0.29, 0.717) is 24.1 Å². The summed E-state index contributed by atoms with van der Waals surface area (Å²) in [5, 5.41) is 11.8. The number of nitrogens with one attached hydrogen (secondary N) is 2. The van der Waals surface area contributed by atoms with Gasteiger partial charge in [-0.15, -0.1) is 0 Å². The number of methoxy groups -OCH3 is 1. The number of esters is 1. The van der Waals surface area contributed by atoms with Crippen molar-refractivity contribution in [3.05, 3.63) is 24.7 Å². The molecule has 12 nitrogen and oxygen atoms in total. The Morgan fingerprint density at radius 3 is 2.48 bits per heavy atom. The molecule has 2 saturated carbocycles. The predicted molar refractivity (Wildman–Crippen MR) is 158 cm³/mol. The lowest BCUT2D eigenvalue weighted by Gasteiger charge is -2.39. The van der Waals surface area contributed by atoms with Crippen LogP contribution in [-0.4, -0.2) is 93.9 Å². The van der Waals surface area contributed by atoms with Gasteiger partial charge in [0.15, 0.2) is 5.82 Å². The maximum absolute atomic E-state index is 12.1. The molecule has 7 rings (SSSR count). The maximum atomic E-state index is 12.1. The third-order valence-corrected chi connectivity index (χ3v) is 9.63. The van der Waals surface area contributed by atoms with Gasteiger partial charge in [0.05, 0.1) is 49.7 Å². The Morgan fingerprint density at radius 1 is 0.952 bits per heavy atom. The molecule has 0 unspecified atom stereocenters. The van der Waals surface area contributed by atoms with Gasteiger partial charge in [0, 0.05) is 56.8 Å². The summed E-state index contributed by atoms with van der Waals surface area (Å²) in [5.41, 5.74) is 2.76. The Balaban J connectivity index is 1.11. The van der Waals surface area contributed by atoms with Gasteiger partial charge in [-0.2, -0.15) is 10.1 Å². The lowest BCUT2D eigenvalue weighted by atomic mass is 9.80. The summed E-state index contributed by atoms with van der Waals surface area (Å²) in [6.07, 6.45) is 14.0. The van der Waals surface area contributed by atoms with Crippen LogP contribution in [0.5, 0.6) is 0 Å². The summed E-state index contributed by atoms with van der Waals surface area (Å²) in [7, 11) is 1.46. The average Bonchev–Trinajstić information content (AvgIpc) is 3.65. The van der Waals surface area contributed by atoms with Crippen molar-refractivity contribution in [2.24, 2.45) is 5.92 Å². The van der Waals surface area contributed by atoms with Crippen molar-refractivity contribution in [2.45, 2.75) is 75.5 Å². The number of carbonyl (C=O) groups is 1. The summed E-state index contributed by atoms with van der Waals surface area (Å²) in [5.74, 6) is 1.23. The highest BCUT2D eigenvalue weighted by Crippen LogP contribution is 2.42. The summed E-state index contributed by atoms with van der Waals surface area (Å²) in [6.45, 7) is 5.31. The molecule has 2 aliphatic heterocycles. The molecular weight excluding hydrogens is 536 g/mol. The normalized spacial score (nSPS) is 27.5. The first-order valence-electron chi connectivity index (χ1n) is 15.6. The second kappa shape index (κ2) is 12.2. The van der Waals surface area contributed by atoms with Crippen LogP contribution in [0.25, 0.3) is 11.0 Å². The molecule has 2 saturated heterocycles. The first-order valence-corrected chi connectivity index (χ1v) is 15.6. The number of carbonyl (C=O) groups excluding carboxylic acids is 1. The van der Waals surface area contributed by atoms with Gasteiger partial charge in [-0.3, -0.25) is 14.4 Å². The summed E-state index contributed by atoms with van der Waals surface area (Å²) in [4.78, 5) is 24.6. The SMILES string of the molecule is COC(=O)C1CC(n2ccc3nc(Nc4cnn(C5CCOCC5)c4)nc(N[C@H]4CC[C@H](N5CCOCC5)CC4)c32)C1. The Morgan fingerprint density at radius 2 is 1.71 bits per heavy atom. The molecule has 0 atom stereocenters. The standard InChI is InChI=1S/C30H42N8O4/c1-40-29(39)20-16-25(17-20)37-9-6-26-27(37)28(32-21-2-4-23(5-3-21)36-10-14-42-15-11-36)35-30(34-26)33-22-18-31-38(19-22)24-7-12-41-13-8-24/h6,9,18-21,23-25H,2-5,7-8,10-17H2,1H3,(H2,32,33,34,35)/t20?,21-,23-,25?. The zero-order valence-electron chi connectivity index (χ0n) is 24.4. The van der Waals surface area contributed by atoms with E-state index >= 15 is 0 Å². The van der Waals surface area contributed by atoms with Gasteiger partial charge in [-0.1, -0.05) is 0 Å². The van der Waals surface area contributed by atoms with Crippen LogP contribution in [0.4, 0.5) is 17.5 Å². The van der Waals surface area contributed by atoms with Crippen molar-refractivity contribution in [2.75, 3.05) is 57.3 Å². The third-order valence-electron chi connectivity index (χ3n) is 9.63. The third kappa shape index (κ3) is 5.71. The van der Waals surface area contributed by atoms with Crippen molar-refractivity contribution in [3.8, 4) is 0 Å². The largest absolute Gasteiger partial charge is 0.469 e. The van der Waals surface area contributed by atoms with E-state index in [9.17, 15) is 4.79 Å². The zero-order valence-corrected chi connectivity index (χ0v) is 24.4. The summed E-state index contributed by atoms with van der Waals surface area (Å²) in [6, 6.07) is 3.62. The first kappa shape index (κ1) is 27.6. The van der Waals surface area contributed by atoms with E-state index in [-0.39, 0.29) is 17.9 Å². The molecule has 2 N–H and O–H groups in total. The number of nitrogens with zero attached hydrogens (tertiary/aromatic N) is 6. The number of hydrogen-bond donors (Lipinski definition) is 2. The highest BCUT2D eigenvalue weighted by atomic mass is 16.5. The molecular formula is C30H42N8O4. The molecule has 4 fully saturated rings. The number of hydrogen-bond acceptors (Lipinski definition) is 10. The first-order chi connectivity index (χ1) is 20.6. The number of ether oxygens (including phenoxy) is 3. The molecule has 0 spiro atoms. The fraction of sp³-hybridized carbons (Fsp3) is 0.667. The fourth-order valence-electron chi connectivity index (χ4n) is 7.11. The van der Waals surface area contributed by atoms with Gasteiger partial charge in [-0.25, -0.2) is 4.98 Å². The van der Waals surface area contributed by atoms with E-state index in [1.54, 1.807) is 0 Å². The van der Waals surface area contributed by atoms with Gasteiger partial charge in [0.2, 0.25) is 5.95 Å². The molecule has 3 aromatic heterocycles. The van der Waals surface area contributed by atoms with Crippen molar-refractivity contribution >= 4 is 34.5 Å². The number of fused-ring (bicyclic) bond motifs is 1. The number of rotatable bonds is 8. The molecule has 5 heterocycles. The Hall–Kier alpha value is -3.22. The molecule has 2 aliphatic carbocycles. The lowest BCUT2D eigenvalue weighted by Crippen LogP contribution is -2.46.